The van der Waals surface area contributed by atoms with Crippen molar-refractivity contribution in [2.24, 2.45) is 5.92 Å². The number of nitrogens with zero attached hydrogens (tertiary/aromatic N) is 1. The quantitative estimate of drug-likeness (QED) is 0.569. The maximum absolute atomic E-state index is 12.3. The van der Waals surface area contributed by atoms with Crippen molar-refractivity contribution in [1.29, 1.82) is 0 Å². The van der Waals surface area contributed by atoms with Crippen LogP contribution in [0.25, 0.3) is 0 Å². The van der Waals surface area contributed by atoms with E-state index in [0.717, 1.165) is 43.8 Å². The predicted octanol–water partition coefficient (Wildman–Crippen LogP) is 5.59. The Bertz CT molecular complexity index is 722. The molecule has 158 valence electrons. The highest BCUT2D eigenvalue weighted by Crippen LogP contribution is 2.43. The van der Waals surface area contributed by atoms with Crippen LogP contribution in [0.3, 0.4) is 0 Å². The maximum Gasteiger partial charge on any atom is 0.119 e. The van der Waals surface area contributed by atoms with E-state index in [0.29, 0.717) is 12.5 Å². The van der Waals surface area contributed by atoms with E-state index >= 15 is 0 Å². The molecule has 0 aliphatic carbocycles. The Kier molecular flexibility index (Phi) is 7.74. The number of aliphatic hydroxyl groups is 1. The van der Waals surface area contributed by atoms with E-state index in [4.69, 9.17) is 4.74 Å². The van der Waals surface area contributed by atoms with E-state index in [2.05, 4.69) is 61.2 Å². The zero-order valence-electron chi connectivity index (χ0n) is 18.3. The summed E-state index contributed by atoms with van der Waals surface area (Å²) in [4.78, 5) is 2.52. The van der Waals surface area contributed by atoms with Gasteiger partial charge in [-0.15, -0.1) is 0 Å². The number of likely N-dealkylation sites (tertiary alicyclic amines) is 1. The molecule has 3 rings (SSSR count). The first-order valence-electron chi connectivity index (χ1n) is 11.3. The largest absolute Gasteiger partial charge is 0.494 e. The van der Waals surface area contributed by atoms with E-state index in [1.807, 2.05) is 19.1 Å². The average Bonchev–Trinajstić information content (AvgIpc) is 3.25. The van der Waals surface area contributed by atoms with Crippen molar-refractivity contribution in [3.63, 3.8) is 0 Å². The summed E-state index contributed by atoms with van der Waals surface area (Å²) in [6, 6.07) is 18.7. The molecule has 3 nitrogen and oxygen atoms in total. The third-order valence-electron chi connectivity index (χ3n) is 6.19. The van der Waals surface area contributed by atoms with E-state index in [-0.39, 0.29) is 5.92 Å². The standard InChI is InChI=1S/C26H37NO2/c1-4-29-24-14-12-23(13-15-24)26(28,17-16-21(2)3)25(20-27-18-8-9-19-27)22-10-6-5-7-11-22/h5-7,10-15,21,25,28H,4,8-9,16-20H2,1-3H3. The highest BCUT2D eigenvalue weighted by molar-refractivity contribution is 5.35. The van der Waals surface area contributed by atoms with Crippen LogP contribution in [-0.4, -0.2) is 36.2 Å². The monoisotopic (exact) mass is 395 g/mol. The molecular weight excluding hydrogens is 358 g/mol. The van der Waals surface area contributed by atoms with Crippen molar-refractivity contribution in [3.8, 4) is 5.75 Å². The molecule has 0 amide bonds. The van der Waals surface area contributed by atoms with Gasteiger partial charge in [0.05, 0.1) is 12.2 Å². The number of hydrogen-bond donors (Lipinski definition) is 1. The smallest absolute Gasteiger partial charge is 0.119 e. The summed E-state index contributed by atoms with van der Waals surface area (Å²) in [6.07, 6.45) is 4.27. The molecule has 0 bridgehead atoms. The van der Waals surface area contributed by atoms with Crippen LogP contribution in [0.1, 0.15) is 63.5 Å². The first-order chi connectivity index (χ1) is 14.0. The van der Waals surface area contributed by atoms with Crippen LogP contribution >= 0.6 is 0 Å². The van der Waals surface area contributed by atoms with E-state index in [1.54, 1.807) is 0 Å². The second kappa shape index (κ2) is 10.3. The van der Waals surface area contributed by atoms with Gasteiger partial charge in [-0.25, -0.2) is 0 Å². The SMILES string of the molecule is CCOc1ccc(C(O)(CCC(C)C)C(CN2CCCC2)c2ccccc2)cc1. The minimum absolute atomic E-state index is 0.0403. The summed E-state index contributed by atoms with van der Waals surface area (Å²) in [5.74, 6) is 1.45. The molecule has 3 heteroatoms. The lowest BCUT2D eigenvalue weighted by atomic mass is 9.73. The molecule has 0 radical (unpaired) electrons. The van der Waals surface area contributed by atoms with Gasteiger partial charge in [0.2, 0.25) is 0 Å². The number of hydrogen-bond acceptors (Lipinski definition) is 3. The number of ether oxygens (including phenoxy) is 1. The Hall–Kier alpha value is -1.84. The molecule has 1 heterocycles. The molecule has 29 heavy (non-hydrogen) atoms. The fourth-order valence-electron chi connectivity index (χ4n) is 4.48. The normalized spacial score (nSPS) is 18.0. The van der Waals surface area contributed by atoms with Crippen LogP contribution < -0.4 is 4.74 Å². The van der Waals surface area contributed by atoms with Gasteiger partial charge in [0.25, 0.3) is 0 Å². The minimum Gasteiger partial charge on any atom is -0.494 e. The van der Waals surface area contributed by atoms with Gasteiger partial charge in [-0.3, -0.25) is 0 Å². The lowest BCUT2D eigenvalue weighted by Crippen LogP contribution is -2.40. The Morgan fingerprint density at radius 3 is 2.24 bits per heavy atom. The van der Waals surface area contributed by atoms with E-state index in [9.17, 15) is 5.11 Å². The van der Waals surface area contributed by atoms with Crippen molar-refractivity contribution < 1.29 is 9.84 Å². The molecule has 2 aromatic carbocycles. The first kappa shape index (κ1) is 21.9. The van der Waals surface area contributed by atoms with E-state index in [1.165, 1.54) is 18.4 Å². The Balaban J connectivity index is 1.99. The lowest BCUT2D eigenvalue weighted by molar-refractivity contribution is -0.0154. The zero-order chi connectivity index (χ0) is 20.7. The van der Waals surface area contributed by atoms with Crippen LogP contribution in [0, 0.1) is 5.92 Å². The van der Waals surface area contributed by atoms with Gasteiger partial charge in [-0.1, -0.05) is 56.3 Å². The third kappa shape index (κ3) is 5.61. The van der Waals surface area contributed by atoms with E-state index < -0.39 is 5.60 Å². The van der Waals surface area contributed by atoms with Crippen molar-refractivity contribution in [2.75, 3.05) is 26.2 Å². The van der Waals surface area contributed by atoms with Gasteiger partial charge in [0.15, 0.2) is 0 Å². The Morgan fingerprint density at radius 1 is 1.00 bits per heavy atom. The molecule has 1 aliphatic heterocycles. The predicted molar refractivity (Wildman–Crippen MR) is 120 cm³/mol. The topological polar surface area (TPSA) is 32.7 Å². The molecule has 0 saturated carbocycles. The molecule has 1 fully saturated rings. The summed E-state index contributed by atoms with van der Waals surface area (Å²) in [5, 5.41) is 12.3. The molecular formula is C26H37NO2. The summed E-state index contributed by atoms with van der Waals surface area (Å²) < 4.78 is 5.63. The van der Waals surface area contributed by atoms with Crippen LogP contribution in [0.2, 0.25) is 0 Å². The van der Waals surface area contributed by atoms with Crippen LogP contribution in [0.4, 0.5) is 0 Å². The minimum atomic E-state index is -0.904. The molecule has 0 spiro atoms. The average molecular weight is 396 g/mol. The Morgan fingerprint density at radius 2 is 1.66 bits per heavy atom. The molecule has 2 atom stereocenters. The highest BCUT2D eigenvalue weighted by Gasteiger charge is 2.40. The molecule has 2 unspecified atom stereocenters. The highest BCUT2D eigenvalue weighted by atomic mass is 16.5. The fraction of sp³-hybridized carbons (Fsp3) is 0.538. The van der Waals surface area contributed by atoms with Crippen LogP contribution in [-0.2, 0) is 5.60 Å². The number of rotatable bonds is 10. The number of benzene rings is 2. The summed E-state index contributed by atoms with van der Waals surface area (Å²) in [6.45, 7) is 10.3. The third-order valence-corrected chi connectivity index (χ3v) is 6.19. The molecule has 1 aliphatic rings. The Labute approximate surface area is 176 Å². The van der Waals surface area contributed by atoms with Crippen molar-refractivity contribution >= 4 is 0 Å². The molecule has 2 aromatic rings. The van der Waals surface area contributed by atoms with Gasteiger partial charge in [-0.2, -0.15) is 0 Å². The van der Waals surface area contributed by atoms with Crippen molar-refractivity contribution in [2.45, 2.75) is 58.0 Å². The van der Waals surface area contributed by atoms with Gasteiger partial charge >= 0.3 is 0 Å². The molecule has 1 N–H and O–H groups in total. The van der Waals surface area contributed by atoms with Crippen LogP contribution in [0.5, 0.6) is 5.75 Å². The van der Waals surface area contributed by atoms with Gasteiger partial charge in [-0.05, 0) is 74.9 Å². The summed E-state index contributed by atoms with van der Waals surface area (Å²) in [5.41, 5.74) is 1.31. The lowest BCUT2D eigenvalue weighted by Gasteiger charge is -2.40. The zero-order valence-corrected chi connectivity index (χ0v) is 18.3. The van der Waals surface area contributed by atoms with Gasteiger partial charge < -0.3 is 14.7 Å². The fourth-order valence-corrected chi connectivity index (χ4v) is 4.48. The van der Waals surface area contributed by atoms with Gasteiger partial charge in [0.1, 0.15) is 5.75 Å². The maximum atomic E-state index is 12.3. The van der Waals surface area contributed by atoms with Crippen LogP contribution in [0.15, 0.2) is 54.6 Å². The van der Waals surface area contributed by atoms with Gasteiger partial charge in [0, 0.05) is 12.5 Å². The second-order valence-electron chi connectivity index (χ2n) is 8.79. The molecule has 0 aromatic heterocycles. The summed E-state index contributed by atoms with van der Waals surface area (Å²) in [7, 11) is 0. The second-order valence-corrected chi connectivity index (χ2v) is 8.79. The first-order valence-corrected chi connectivity index (χ1v) is 11.3. The molecule has 1 saturated heterocycles. The van der Waals surface area contributed by atoms with Crippen molar-refractivity contribution in [3.05, 3.63) is 65.7 Å². The summed E-state index contributed by atoms with van der Waals surface area (Å²) >= 11 is 0. The van der Waals surface area contributed by atoms with Crippen molar-refractivity contribution in [1.82, 2.24) is 4.90 Å².